The number of aryl methyl sites for hydroxylation is 1. The highest BCUT2D eigenvalue weighted by atomic mass is 35.5. The summed E-state index contributed by atoms with van der Waals surface area (Å²) in [7, 11) is 0. The summed E-state index contributed by atoms with van der Waals surface area (Å²) in [5, 5.41) is 13.7. The van der Waals surface area contributed by atoms with Crippen molar-refractivity contribution in [2.24, 2.45) is 0 Å². The van der Waals surface area contributed by atoms with Gasteiger partial charge in [0.2, 0.25) is 0 Å². The van der Waals surface area contributed by atoms with E-state index < -0.39 is 4.92 Å². The van der Waals surface area contributed by atoms with Gasteiger partial charge >= 0.3 is 0 Å². The number of nitro benzene ring substituents is 1. The quantitative estimate of drug-likeness (QED) is 0.178. The number of carbonyl (C=O) groups is 1. The van der Waals surface area contributed by atoms with Crippen LogP contribution < -0.4 is 14.8 Å². The van der Waals surface area contributed by atoms with Crippen molar-refractivity contribution in [3.63, 3.8) is 0 Å². The molecule has 0 aromatic heterocycles. The van der Waals surface area contributed by atoms with Crippen LogP contribution in [-0.4, -0.2) is 28.6 Å². The molecule has 2 aromatic rings. The molecule has 0 aliphatic rings. The average Bonchev–Trinajstić information content (AvgIpc) is 2.79. The zero-order chi connectivity index (χ0) is 26.2. The molecule has 1 N–H and O–H groups in total. The molecule has 0 aliphatic carbocycles. The van der Waals surface area contributed by atoms with Gasteiger partial charge < -0.3 is 14.8 Å². The summed E-state index contributed by atoms with van der Waals surface area (Å²) in [4.78, 5) is 22.7. The lowest BCUT2D eigenvalue weighted by atomic mass is 10.0. The molecule has 0 saturated carbocycles. The van der Waals surface area contributed by atoms with Crippen molar-refractivity contribution in [3.05, 3.63) is 62.7 Å². The minimum Gasteiger partial charge on any atom is -0.488 e. The van der Waals surface area contributed by atoms with E-state index in [0.717, 1.165) is 49.2 Å². The summed E-state index contributed by atoms with van der Waals surface area (Å²) in [5.41, 5.74) is 0.610. The molecule has 0 heterocycles. The normalized spacial score (nSPS) is 11.7. The first kappa shape index (κ1) is 28.4. The maximum atomic E-state index is 12.4. The van der Waals surface area contributed by atoms with Crippen molar-refractivity contribution in [2.45, 2.75) is 84.8 Å². The first-order chi connectivity index (χ1) is 16.4. The number of rotatable bonds is 13. The second-order valence-corrected chi connectivity index (χ2v) is 10.2. The highest BCUT2D eigenvalue weighted by Gasteiger charge is 2.22. The van der Waals surface area contributed by atoms with Crippen LogP contribution in [0.25, 0.3) is 0 Å². The van der Waals surface area contributed by atoms with E-state index >= 15 is 0 Å². The van der Waals surface area contributed by atoms with E-state index in [-0.39, 0.29) is 33.4 Å². The summed E-state index contributed by atoms with van der Waals surface area (Å²) >= 11 is 6.04. The summed E-state index contributed by atoms with van der Waals surface area (Å²) in [6.45, 7) is 12.9. The number of nitrogens with zero attached hydrogens (tertiary/aromatic N) is 1. The fourth-order valence-electron chi connectivity index (χ4n) is 3.20. The minimum atomic E-state index is -0.545. The van der Waals surface area contributed by atoms with E-state index in [1.54, 1.807) is 0 Å². The van der Waals surface area contributed by atoms with Gasteiger partial charge in [0, 0.05) is 24.7 Å². The van der Waals surface area contributed by atoms with E-state index in [0.29, 0.717) is 6.54 Å². The Bertz CT molecular complexity index is 1040. The van der Waals surface area contributed by atoms with Crippen LogP contribution in [-0.2, 0) is 6.42 Å². The molecule has 0 radical (unpaired) electrons. The number of hydrogen-bond donors (Lipinski definition) is 1. The first-order valence-electron chi connectivity index (χ1n) is 12.1. The molecule has 8 heteroatoms. The number of benzene rings is 2. The molecule has 0 aliphatic heterocycles. The van der Waals surface area contributed by atoms with E-state index in [9.17, 15) is 14.9 Å². The van der Waals surface area contributed by atoms with E-state index in [1.165, 1.54) is 18.2 Å². The third-order valence-electron chi connectivity index (χ3n) is 6.09. The highest BCUT2D eigenvalue weighted by Crippen LogP contribution is 2.32. The molecule has 0 bridgehead atoms. The molecule has 0 spiro atoms. The molecule has 0 atom stereocenters. The third kappa shape index (κ3) is 8.73. The van der Waals surface area contributed by atoms with Crippen molar-refractivity contribution < 1.29 is 19.2 Å². The van der Waals surface area contributed by atoms with Gasteiger partial charge in [-0.05, 0) is 77.5 Å². The first-order valence-corrected chi connectivity index (χ1v) is 12.5. The van der Waals surface area contributed by atoms with Crippen LogP contribution in [0, 0.1) is 10.1 Å². The SMILES string of the molecule is CCC(C)(C)Oc1ccc(CCCCNC(=O)c2ccc([N+](=O)[O-])cc2Cl)c(OC(C)(C)CC)c1. The molecule has 2 aromatic carbocycles. The summed E-state index contributed by atoms with van der Waals surface area (Å²) < 4.78 is 12.5. The molecule has 192 valence electrons. The Morgan fingerprint density at radius 3 is 2.26 bits per heavy atom. The highest BCUT2D eigenvalue weighted by molar-refractivity contribution is 6.34. The smallest absolute Gasteiger partial charge is 0.270 e. The van der Waals surface area contributed by atoms with Crippen LogP contribution in [0.2, 0.25) is 5.02 Å². The number of hydrogen-bond acceptors (Lipinski definition) is 5. The van der Waals surface area contributed by atoms with Gasteiger partial charge in [0.1, 0.15) is 22.7 Å². The standard InChI is InChI=1S/C27H37ClN2O5/c1-7-26(3,4)34-21-14-12-19(24(18-21)35-27(5,6)8-2)11-9-10-16-29-25(31)22-15-13-20(30(32)33)17-23(22)28/h12-15,17-18H,7-11,16H2,1-6H3,(H,29,31). The lowest BCUT2D eigenvalue weighted by Crippen LogP contribution is -2.28. The number of halogens is 1. The van der Waals surface area contributed by atoms with Crippen molar-refractivity contribution >= 4 is 23.2 Å². The van der Waals surface area contributed by atoms with E-state index in [1.807, 2.05) is 12.1 Å². The van der Waals surface area contributed by atoms with Crippen LogP contribution >= 0.6 is 11.6 Å². The van der Waals surface area contributed by atoms with Gasteiger partial charge in [-0.2, -0.15) is 0 Å². The fraction of sp³-hybridized carbons (Fsp3) is 0.519. The lowest BCUT2D eigenvalue weighted by Gasteiger charge is -2.29. The third-order valence-corrected chi connectivity index (χ3v) is 6.40. The van der Waals surface area contributed by atoms with Gasteiger partial charge in [0.25, 0.3) is 11.6 Å². The predicted octanol–water partition coefficient (Wildman–Crippen LogP) is 7.14. The molecule has 2 rings (SSSR count). The Morgan fingerprint density at radius 2 is 1.66 bits per heavy atom. The number of carbonyl (C=O) groups excluding carboxylic acids is 1. The number of non-ortho nitro benzene ring substituents is 1. The maximum Gasteiger partial charge on any atom is 0.270 e. The Balaban J connectivity index is 1.98. The van der Waals surface area contributed by atoms with Crippen molar-refractivity contribution in [1.82, 2.24) is 5.32 Å². The van der Waals surface area contributed by atoms with Gasteiger partial charge in [-0.3, -0.25) is 14.9 Å². The van der Waals surface area contributed by atoms with Crippen LogP contribution in [0.15, 0.2) is 36.4 Å². The predicted molar refractivity (Wildman–Crippen MR) is 140 cm³/mol. The Labute approximate surface area is 213 Å². The molecular formula is C27H37ClN2O5. The number of unbranched alkanes of at least 4 members (excludes halogenated alkanes) is 1. The van der Waals surface area contributed by atoms with Gasteiger partial charge in [-0.1, -0.05) is 31.5 Å². The summed E-state index contributed by atoms with van der Waals surface area (Å²) in [5.74, 6) is 1.26. The Hall–Kier alpha value is -2.80. The molecule has 1 amide bonds. The minimum absolute atomic E-state index is 0.0607. The van der Waals surface area contributed by atoms with E-state index in [2.05, 4.69) is 52.9 Å². The van der Waals surface area contributed by atoms with Crippen molar-refractivity contribution in [1.29, 1.82) is 0 Å². The van der Waals surface area contributed by atoms with Gasteiger partial charge in [0.15, 0.2) is 0 Å². The Morgan fingerprint density at radius 1 is 1.00 bits per heavy atom. The van der Waals surface area contributed by atoms with Gasteiger partial charge in [-0.15, -0.1) is 0 Å². The maximum absolute atomic E-state index is 12.4. The second kappa shape index (κ2) is 12.2. The molecule has 0 unspecified atom stereocenters. The zero-order valence-corrected chi connectivity index (χ0v) is 22.3. The van der Waals surface area contributed by atoms with Crippen LogP contribution in [0.1, 0.15) is 83.1 Å². The van der Waals surface area contributed by atoms with Crippen LogP contribution in [0.3, 0.4) is 0 Å². The number of nitrogens with one attached hydrogen (secondary N) is 1. The van der Waals surface area contributed by atoms with Crippen molar-refractivity contribution in [2.75, 3.05) is 6.54 Å². The summed E-state index contributed by atoms with van der Waals surface area (Å²) in [6, 6.07) is 9.84. The fourth-order valence-corrected chi connectivity index (χ4v) is 3.46. The van der Waals surface area contributed by atoms with Crippen molar-refractivity contribution in [3.8, 4) is 11.5 Å². The molecule has 0 saturated heterocycles. The van der Waals surface area contributed by atoms with Gasteiger partial charge in [-0.25, -0.2) is 0 Å². The van der Waals surface area contributed by atoms with E-state index in [4.69, 9.17) is 21.1 Å². The zero-order valence-electron chi connectivity index (χ0n) is 21.6. The van der Waals surface area contributed by atoms with Crippen LogP contribution in [0.4, 0.5) is 5.69 Å². The molecular weight excluding hydrogens is 468 g/mol. The lowest BCUT2D eigenvalue weighted by molar-refractivity contribution is -0.384. The molecule has 7 nitrogen and oxygen atoms in total. The number of nitro groups is 1. The largest absolute Gasteiger partial charge is 0.488 e. The van der Waals surface area contributed by atoms with Crippen LogP contribution in [0.5, 0.6) is 11.5 Å². The van der Waals surface area contributed by atoms with Gasteiger partial charge in [0.05, 0.1) is 15.5 Å². The number of ether oxygens (including phenoxy) is 2. The Kier molecular flexibility index (Phi) is 9.95. The topological polar surface area (TPSA) is 90.7 Å². The monoisotopic (exact) mass is 504 g/mol. The summed E-state index contributed by atoms with van der Waals surface area (Å²) in [6.07, 6.45) is 4.16. The molecule has 0 fully saturated rings. The number of amides is 1. The molecule has 35 heavy (non-hydrogen) atoms. The second-order valence-electron chi connectivity index (χ2n) is 9.83. The average molecular weight is 505 g/mol.